The van der Waals surface area contributed by atoms with Crippen LogP contribution >= 0.6 is 0 Å². The molecule has 118 valence electrons. The van der Waals surface area contributed by atoms with Crippen LogP contribution in [0.1, 0.15) is 58.8 Å². The lowest BCUT2D eigenvalue weighted by molar-refractivity contribution is -0.129. The molecule has 2 heteroatoms. The third-order valence-electron chi connectivity index (χ3n) is 7.74. The van der Waals surface area contributed by atoms with Crippen molar-refractivity contribution in [2.75, 3.05) is 0 Å². The fourth-order valence-corrected chi connectivity index (χ4v) is 6.29. The second kappa shape index (κ2) is 4.43. The molecule has 0 aliphatic heterocycles. The van der Waals surface area contributed by atoms with Crippen LogP contribution in [0.5, 0.6) is 0 Å². The Balaban J connectivity index is 1.76. The Morgan fingerprint density at radius 2 is 1.77 bits per heavy atom. The van der Waals surface area contributed by atoms with Crippen molar-refractivity contribution in [3.63, 3.8) is 0 Å². The first-order valence-corrected chi connectivity index (χ1v) is 8.83. The van der Waals surface area contributed by atoms with E-state index >= 15 is 0 Å². The summed E-state index contributed by atoms with van der Waals surface area (Å²) in [7, 11) is 0. The van der Waals surface area contributed by atoms with Gasteiger partial charge in [-0.15, -0.1) is 0 Å². The number of hydrogen-bond donors (Lipinski definition) is 0. The molecule has 0 N–H and O–H groups in total. The summed E-state index contributed by atoms with van der Waals surface area (Å²) >= 11 is 0. The summed E-state index contributed by atoms with van der Waals surface area (Å²) in [5.41, 5.74) is 2.46. The van der Waals surface area contributed by atoms with Gasteiger partial charge in [0.2, 0.25) is 0 Å². The van der Waals surface area contributed by atoms with E-state index < -0.39 is 0 Å². The molecule has 4 rings (SSSR count). The second-order valence-electron chi connectivity index (χ2n) is 8.54. The molecule has 3 saturated carbocycles. The van der Waals surface area contributed by atoms with Gasteiger partial charge in [-0.2, -0.15) is 0 Å². The molecule has 4 aliphatic rings. The van der Waals surface area contributed by atoms with Gasteiger partial charge in [0, 0.05) is 18.4 Å². The summed E-state index contributed by atoms with van der Waals surface area (Å²) < 4.78 is 0. The molecule has 5 atom stereocenters. The third kappa shape index (κ3) is 1.67. The van der Waals surface area contributed by atoms with Crippen LogP contribution in [0.3, 0.4) is 0 Å². The molecule has 0 radical (unpaired) electrons. The molecule has 0 heterocycles. The number of ketones is 2. The molecule has 3 fully saturated rings. The minimum atomic E-state index is -0.0564. The smallest absolute Gasteiger partial charge is 0.159 e. The molecule has 0 aromatic heterocycles. The van der Waals surface area contributed by atoms with E-state index in [0.29, 0.717) is 30.6 Å². The van der Waals surface area contributed by atoms with Gasteiger partial charge in [-0.1, -0.05) is 26.0 Å². The normalized spacial score (nSPS) is 47.6. The van der Waals surface area contributed by atoms with Crippen molar-refractivity contribution in [2.45, 2.75) is 58.8 Å². The van der Waals surface area contributed by atoms with Crippen molar-refractivity contribution in [1.29, 1.82) is 0 Å². The zero-order chi connectivity index (χ0) is 15.7. The third-order valence-corrected chi connectivity index (χ3v) is 7.74. The van der Waals surface area contributed by atoms with Crippen LogP contribution in [0.4, 0.5) is 0 Å². The van der Waals surface area contributed by atoms with Gasteiger partial charge in [-0.25, -0.2) is 0 Å². The van der Waals surface area contributed by atoms with Gasteiger partial charge in [0.15, 0.2) is 11.6 Å². The van der Waals surface area contributed by atoms with Crippen LogP contribution in [-0.4, -0.2) is 11.6 Å². The van der Waals surface area contributed by atoms with Crippen LogP contribution < -0.4 is 0 Å². The Hall–Kier alpha value is -1.18. The lowest BCUT2D eigenvalue weighted by Gasteiger charge is -2.56. The molecule has 2 nitrogen and oxygen atoms in total. The van der Waals surface area contributed by atoms with Gasteiger partial charge >= 0.3 is 0 Å². The first-order valence-electron chi connectivity index (χ1n) is 8.83. The topological polar surface area (TPSA) is 34.1 Å². The van der Waals surface area contributed by atoms with Gasteiger partial charge in [-0.05, 0) is 66.8 Å². The zero-order valence-corrected chi connectivity index (χ0v) is 13.8. The van der Waals surface area contributed by atoms with Crippen LogP contribution in [-0.2, 0) is 9.59 Å². The van der Waals surface area contributed by atoms with E-state index in [1.54, 1.807) is 6.08 Å². The average molecular weight is 298 g/mol. The van der Waals surface area contributed by atoms with Crippen LogP contribution in [0.15, 0.2) is 23.8 Å². The van der Waals surface area contributed by atoms with Crippen LogP contribution in [0, 0.1) is 28.6 Å². The molecule has 22 heavy (non-hydrogen) atoms. The summed E-state index contributed by atoms with van der Waals surface area (Å²) in [6.07, 6.45) is 8.57. The molecular formula is C20H26O2. The van der Waals surface area contributed by atoms with Gasteiger partial charge in [0.05, 0.1) is 0 Å². The van der Waals surface area contributed by atoms with Crippen molar-refractivity contribution in [3.8, 4) is 0 Å². The Morgan fingerprint density at radius 1 is 1.05 bits per heavy atom. The number of fused-ring (bicyclic) bond motifs is 5. The number of allylic oxidation sites excluding steroid dienone is 2. The summed E-state index contributed by atoms with van der Waals surface area (Å²) in [6.45, 7) is 8.97. The summed E-state index contributed by atoms with van der Waals surface area (Å²) in [5, 5.41) is 0. The number of rotatable bonds is 0. The first-order chi connectivity index (χ1) is 10.4. The number of carbonyl (C=O) groups excluding carboxylic acids is 2. The lowest BCUT2D eigenvalue weighted by Crippen LogP contribution is -2.52. The Bertz CT molecular complexity index is 613. The van der Waals surface area contributed by atoms with E-state index in [4.69, 9.17) is 0 Å². The summed E-state index contributed by atoms with van der Waals surface area (Å²) in [5.74, 6) is 2.10. The highest BCUT2D eigenvalue weighted by atomic mass is 16.1. The fraction of sp³-hybridized carbons (Fsp3) is 0.700. The second-order valence-corrected chi connectivity index (χ2v) is 8.54. The Labute approximate surface area is 133 Å². The molecule has 0 spiro atoms. The van der Waals surface area contributed by atoms with Crippen molar-refractivity contribution < 1.29 is 9.59 Å². The minimum absolute atomic E-state index is 0.0564. The number of hydrogen-bond acceptors (Lipinski definition) is 2. The van der Waals surface area contributed by atoms with E-state index in [-0.39, 0.29) is 22.4 Å². The van der Waals surface area contributed by atoms with Gasteiger partial charge in [-0.3, -0.25) is 9.59 Å². The molecule has 0 amide bonds. The number of carbonyl (C=O) groups is 2. The van der Waals surface area contributed by atoms with E-state index in [1.165, 1.54) is 24.8 Å². The molecule has 5 unspecified atom stereocenters. The Morgan fingerprint density at radius 3 is 2.55 bits per heavy atom. The van der Waals surface area contributed by atoms with Crippen molar-refractivity contribution in [2.24, 2.45) is 28.6 Å². The van der Waals surface area contributed by atoms with E-state index in [2.05, 4.69) is 20.4 Å². The molecule has 0 aromatic rings. The van der Waals surface area contributed by atoms with Crippen molar-refractivity contribution in [3.05, 3.63) is 23.8 Å². The van der Waals surface area contributed by atoms with Gasteiger partial charge in [0.1, 0.15) is 0 Å². The molecule has 0 aromatic carbocycles. The molecular weight excluding hydrogens is 272 g/mol. The van der Waals surface area contributed by atoms with E-state index in [9.17, 15) is 9.59 Å². The maximum atomic E-state index is 12.8. The lowest BCUT2D eigenvalue weighted by atomic mass is 9.47. The molecule has 0 bridgehead atoms. The SMILES string of the molecule is C=C1CCC2C3CC(=O)C4=CC(=O)CCC4(C)C3CCC12C. The molecule has 0 saturated heterocycles. The standard InChI is InChI=1S/C20H26O2/c1-12-4-5-15-14-11-18(22)17-10-13(21)6-8-20(17,3)16(14)7-9-19(12,15)2/h10,14-16H,1,4-9,11H2,2-3H3. The Kier molecular flexibility index (Phi) is 2.90. The highest BCUT2D eigenvalue weighted by Gasteiger charge is 2.59. The van der Waals surface area contributed by atoms with Gasteiger partial charge < -0.3 is 0 Å². The van der Waals surface area contributed by atoms with Crippen molar-refractivity contribution >= 4 is 11.6 Å². The summed E-state index contributed by atoms with van der Waals surface area (Å²) in [4.78, 5) is 24.6. The monoisotopic (exact) mass is 298 g/mol. The summed E-state index contributed by atoms with van der Waals surface area (Å²) in [6, 6.07) is 0. The van der Waals surface area contributed by atoms with Gasteiger partial charge in [0.25, 0.3) is 0 Å². The zero-order valence-electron chi connectivity index (χ0n) is 13.8. The first kappa shape index (κ1) is 14.4. The largest absolute Gasteiger partial charge is 0.295 e. The minimum Gasteiger partial charge on any atom is -0.295 e. The van der Waals surface area contributed by atoms with E-state index in [0.717, 1.165) is 18.4 Å². The predicted octanol–water partition coefficient (Wildman–Crippen LogP) is 4.25. The van der Waals surface area contributed by atoms with E-state index in [1.807, 2.05) is 0 Å². The number of Topliss-reactive ketones (excluding diaryl/α,β-unsaturated/α-hetero) is 1. The van der Waals surface area contributed by atoms with Crippen molar-refractivity contribution in [1.82, 2.24) is 0 Å². The predicted molar refractivity (Wildman–Crippen MR) is 86.2 cm³/mol. The fourth-order valence-electron chi connectivity index (χ4n) is 6.29. The maximum absolute atomic E-state index is 12.8. The quantitative estimate of drug-likeness (QED) is 0.626. The molecule has 4 aliphatic carbocycles. The highest BCUT2D eigenvalue weighted by molar-refractivity contribution is 6.05. The highest BCUT2D eigenvalue weighted by Crippen LogP contribution is 2.65. The van der Waals surface area contributed by atoms with Crippen LogP contribution in [0.25, 0.3) is 0 Å². The average Bonchev–Trinajstić information content (AvgIpc) is 2.77. The van der Waals surface area contributed by atoms with Crippen LogP contribution in [0.2, 0.25) is 0 Å². The maximum Gasteiger partial charge on any atom is 0.159 e.